The Morgan fingerprint density at radius 1 is 1.18 bits per heavy atom. The van der Waals surface area contributed by atoms with E-state index in [1.165, 1.54) is 18.6 Å². The molecular formula is C19H24N2O5S2. The van der Waals surface area contributed by atoms with E-state index in [-0.39, 0.29) is 22.3 Å². The molecule has 2 aromatic rings. The molecule has 1 saturated heterocycles. The maximum Gasteiger partial charge on any atom is 0.354 e. The summed E-state index contributed by atoms with van der Waals surface area (Å²) in [5.74, 6) is -0.838. The van der Waals surface area contributed by atoms with Crippen LogP contribution < -0.4 is 4.18 Å². The summed E-state index contributed by atoms with van der Waals surface area (Å²) in [6, 6.07) is 6.31. The number of ether oxygens (including phenoxy) is 1. The van der Waals surface area contributed by atoms with E-state index in [1.54, 1.807) is 19.1 Å². The van der Waals surface area contributed by atoms with Crippen LogP contribution in [-0.4, -0.2) is 44.0 Å². The molecule has 0 bridgehead atoms. The van der Waals surface area contributed by atoms with Gasteiger partial charge in [-0.2, -0.15) is 8.42 Å². The molecule has 0 N–H and O–H groups in total. The average molecular weight is 425 g/mol. The topological polar surface area (TPSA) is 85.8 Å². The van der Waals surface area contributed by atoms with Gasteiger partial charge in [0.25, 0.3) is 5.88 Å². The molecule has 9 heteroatoms. The Balaban J connectivity index is 1.86. The molecule has 1 fully saturated rings. The number of aromatic nitrogens is 1. The fourth-order valence-corrected chi connectivity index (χ4v) is 4.84. The molecular weight excluding hydrogens is 400 g/mol. The van der Waals surface area contributed by atoms with E-state index in [2.05, 4.69) is 9.88 Å². The first-order chi connectivity index (χ1) is 13.4. The Bertz CT molecular complexity index is 916. The molecule has 1 aliphatic heterocycles. The van der Waals surface area contributed by atoms with Crippen LogP contribution in [0.5, 0.6) is 5.88 Å². The van der Waals surface area contributed by atoms with E-state index >= 15 is 0 Å². The summed E-state index contributed by atoms with van der Waals surface area (Å²) in [4.78, 5) is 18.9. The maximum absolute atomic E-state index is 12.6. The van der Waals surface area contributed by atoms with Gasteiger partial charge in [-0.3, -0.25) is 4.90 Å². The molecule has 1 aliphatic rings. The van der Waals surface area contributed by atoms with E-state index in [9.17, 15) is 13.2 Å². The third-order valence-electron chi connectivity index (χ3n) is 4.41. The first-order valence-corrected chi connectivity index (χ1v) is 11.5. The molecule has 0 unspecified atom stereocenters. The molecule has 7 nitrogen and oxygen atoms in total. The average Bonchev–Trinajstić information content (AvgIpc) is 3.04. The fourth-order valence-electron chi connectivity index (χ4n) is 2.96. The van der Waals surface area contributed by atoms with Crippen LogP contribution in [0.15, 0.2) is 29.2 Å². The van der Waals surface area contributed by atoms with Gasteiger partial charge >= 0.3 is 16.1 Å². The Kier molecular flexibility index (Phi) is 6.69. The van der Waals surface area contributed by atoms with Crippen LogP contribution in [0.25, 0.3) is 0 Å². The minimum absolute atomic E-state index is 0.0125. The number of carbonyl (C=O) groups excluding carboxylic acids is 1. The highest BCUT2D eigenvalue weighted by Crippen LogP contribution is 2.30. The molecule has 0 aliphatic carbocycles. The van der Waals surface area contributed by atoms with Gasteiger partial charge in [0.2, 0.25) is 0 Å². The monoisotopic (exact) mass is 424 g/mol. The number of hydrogen-bond donors (Lipinski definition) is 0. The number of aryl methyl sites for hydroxylation is 1. The quantitative estimate of drug-likeness (QED) is 0.497. The number of nitrogens with zero attached hydrogens (tertiary/aromatic N) is 2. The predicted molar refractivity (Wildman–Crippen MR) is 106 cm³/mol. The van der Waals surface area contributed by atoms with Crippen LogP contribution in [-0.2, 0) is 21.4 Å². The number of esters is 1. The predicted octanol–water partition coefficient (Wildman–Crippen LogP) is 3.38. The lowest BCUT2D eigenvalue weighted by atomic mass is 10.1. The maximum atomic E-state index is 12.6. The number of rotatable bonds is 7. The summed E-state index contributed by atoms with van der Waals surface area (Å²) < 4.78 is 35.5. The Morgan fingerprint density at radius 3 is 2.50 bits per heavy atom. The summed E-state index contributed by atoms with van der Waals surface area (Å²) in [5.41, 5.74) is 0.934. The Hall–Kier alpha value is -1.97. The van der Waals surface area contributed by atoms with Gasteiger partial charge in [-0.15, -0.1) is 11.3 Å². The van der Waals surface area contributed by atoms with Crippen LogP contribution in [0.2, 0.25) is 0 Å². The number of thiazole rings is 1. The first kappa shape index (κ1) is 20.8. The van der Waals surface area contributed by atoms with Gasteiger partial charge in [-0.25, -0.2) is 9.78 Å². The Morgan fingerprint density at radius 2 is 1.86 bits per heavy atom. The van der Waals surface area contributed by atoms with Crippen molar-refractivity contribution in [3.05, 3.63) is 39.7 Å². The highest BCUT2D eigenvalue weighted by atomic mass is 32.2. The van der Waals surface area contributed by atoms with Crippen molar-refractivity contribution in [3.8, 4) is 5.88 Å². The number of hydrogen-bond acceptors (Lipinski definition) is 8. The van der Waals surface area contributed by atoms with Crippen LogP contribution in [0.4, 0.5) is 0 Å². The SMILES string of the molecule is CCOC(=O)c1sc(CN2CCCCC2)nc1OS(=O)(=O)c1ccc(C)cc1. The van der Waals surface area contributed by atoms with E-state index in [4.69, 9.17) is 8.92 Å². The lowest BCUT2D eigenvalue weighted by Gasteiger charge is -2.25. The van der Waals surface area contributed by atoms with Crippen molar-refractivity contribution in [1.82, 2.24) is 9.88 Å². The summed E-state index contributed by atoms with van der Waals surface area (Å²) in [6.07, 6.45) is 3.47. The van der Waals surface area contributed by atoms with Crippen LogP contribution in [0.3, 0.4) is 0 Å². The zero-order valence-corrected chi connectivity index (χ0v) is 17.6. The van der Waals surface area contributed by atoms with E-state index < -0.39 is 16.1 Å². The number of likely N-dealkylation sites (tertiary alicyclic amines) is 1. The summed E-state index contributed by atoms with van der Waals surface area (Å²) in [7, 11) is -4.10. The molecule has 0 saturated carbocycles. The first-order valence-electron chi connectivity index (χ1n) is 9.29. The molecule has 0 amide bonds. The third-order valence-corrected chi connectivity index (χ3v) is 6.64. The zero-order valence-electron chi connectivity index (χ0n) is 16.0. The van der Waals surface area contributed by atoms with Gasteiger partial charge in [-0.1, -0.05) is 24.1 Å². The van der Waals surface area contributed by atoms with E-state index in [0.717, 1.165) is 42.8 Å². The molecule has 152 valence electrons. The normalized spacial score (nSPS) is 15.4. The van der Waals surface area contributed by atoms with Crippen molar-refractivity contribution in [2.75, 3.05) is 19.7 Å². The molecule has 0 radical (unpaired) electrons. The molecule has 1 aromatic carbocycles. The number of piperidine rings is 1. The van der Waals surface area contributed by atoms with Gasteiger partial charge in [0.1, 0.15) is 9.90 Å². The molecule has 0 atom stereocenters. The summed E-state index contributed by atoms with van der Waals surface area (Å²) in [5, 5.41) is 0.638. The molecule has 1 aromatic heterocycles. The fraction of sp³-hybridized carbons (Fsp3) is 0.474. The second-order valence-electron chi connectivity index (χ2n) is 6.65. The Labute approximate surface area is 169 Å². The second-order valence-corrected chi connectivity index (χ2v) is 9.28. The third kappa shape index (κ3) is 5.09. The van der Waals surface area contributed by atoms with Crippen molar-refractivity contribution >= 4 is 27.4 Å². The van der Waals surface area contributed by atoms with Gasteiger partial charge in [0.05, 0.1) is 13.2 Å². The highest BCUT2D eigenvalue weighted by molar-refractivity contribution is 7.87. The van der Waals surface area contributed by atoms with Crippen molar-refractivity contribution in [2.24, 2.45) is 0 Å². The number of carbonyl (C=O) groups is 1. The van der Waals surface area contributed by atoms with Crippen molar-refractivity contribution in [3.63, 3.8) is 0 Å². The van der Waals surface area contributed by atoms with Crippen molar-refractivity contribution < 1.29 is 22.1 Å². The standard InChI is InChI=1S/C19H24N2O5S2/c1-3-25-19(22)17-18(20-16(27-17)13-21-11-5-4-6-12-21)26-28(23,24)15-9-7-14(2)8-10-15/h7-10H,3-6,11-13H2,1-2H3. The molecule has 2 heterocycles. The lowest BCUT2D eigenvalue weighted by molar-refractivity contribution is 0.0530. The van der Waals surface area contributed by atoms with E-state index in [0.29, 0.717) is 11.6 Å². The molecule has 3 rings (SSSR count). The van der Waals surface area contributed by atoms with E-state index in [1.807, 2.05) is 6.92 Å². The largest absolute Gasteiger partial charge is 0.462 e. The van der Waals surface area contributed by atoms with Gasteiger partial charge in [-0.05, 0) is 51.9 Å². The minimum Gasteiger partial charge on any atom is -0.462 e. The van der Waals surface area contributed by atoms with Crippen LogP contribution in [0, 0.1) is 6.92 Å². The summed E-state index contributed by atoms with van der Waals surface area (Å²) in [6.45, 7) is 6.23. The smallest absolute Gasteiger partial charge is 0.354 e. The van der Waals surface area contributed by atoms with Crippen LogP contribution >= 0.6 is 11.3 Å². The van der Waals surface area contributed by atoms with Crippen molar-refractivity contribution in [1.29, 1.82) is 0 Å². The lowest BCUT2D eigenvalue weighted by Crippen LogP contribution is -2.29. The number of benzene rings is 1. The second kappa shape index (κ2) is 9.02. The van der Waals surface area contributed by atoms with Gasteiger partial charge in [0, 0.05) is 0 Å². The summed E-state index contributed by atoms with van der Waals surface area (Å²) >= 11 is 1.12. The minimum atomic E-state index is -4.10. The van der Waals surface area contributed by atoms with Crippen molar-refractivity contribution in [2.45, 2.75) is 44.6 Å². The van der Waals surface area contributed by atoms with Gasteiger partial charge < -0.3 is 8.92 Å². The zero-order chi connectivity index (χ0) is 20.1. The molecule has 28 heavy (non-hydrogen) atoms. The molecule has 0 spiro atoms. The highest BCUT2D eigenvalue weighted by Gasteiger charge is 2.27. The van der Waals surface area contributed by atoms with Crippen LogP contribution in [0.1, 0.15) is 46.4 Å². The van der Waals surface area contributed by atoms with Gasteiger partial charge in [0.15, 0.2) is 4.88 Å².